The Morgan fingerprint density at radius 3 is 1.39 bits per heavy atom. The number of hydrogen-bond donors (Lipinski definition) is 4. The van der Waals surface area contributed by atoms with Gasteiger partial charge in [-0.1, -0.05) is 0 Å². The summed E-state index contributed by atoms with van der Waals surface area (Å²) in [6, 6.07) is 0. The second kappa shape index (κ2) is 9.16. The number of imidazole rings is 4. The first kappa shape index (κ1) is 23.9. The van der Waals surface area contributed by atoms with E-state index in [9.17, 15) is 19.2 Å². The molecule has 0 fully saturated rings. The fourth-order valence-corrected chi connectivity index (χ4v) is 3.30. The third-order valence-electron chi connectivity index (χ3n) is 4.98. The molecule has 0 saturated heterocycles. The van der Waals surface area contributed by atoms with Crippen LogP contribution in [0, 0.1) is 0 Å². The van der Waals surface area contributed by atoms with Gasteiger partial charge in [0.1, 0.15) is 0 Å². The molecule has 0 aliphatic heterocycles. The molecular formula is C20H21N11O5. The molecule has 0 atom stereocenters. The van der Waals surface area contributed by atoms with Crippen LogP contribution in [0.2, 0.25) is 0 Å². The largest absolute Gasteiger partial charge is 0.475 e. The van der Waals surface area contributed by atoms with Crippen LogP contribution in [0.25, 0.3) is 0 Å². The molecule has 3 amide bonds. The molecule has 186 valence electrons. The second-order valence-corrected chi connectivity index (χ2v) is 7.71. The smallest absolute Gasteiger partial charge is 0.372 e. The molecule has 16 heteroatoms. The van der Waals surface area contributed by atoms with E-state index in [0.717, 1.165) is 0 Å². The van der Waals surface area contributed by atoms with Gasteiger partial charge in [0, 0.05) is 59.2 Å². The normalized spacial score (nSPS) is 10.8. The SMILES string of the molecule is Cn1cc(NC(=O)c2nc(NC(=O)c3nc(NC(=O)c4nccn4C)cn3C)cn2C)nc1C(=O)O. The van der Waals surface area contributed by atoms with E-state index < -0.39 is 23.7 Å². The number of carbonyl (C=O) groups excluding carboxylic acids is 3. The number of nitrogens with one attached hydrogen (secondary N) is 3. The van der Waals surface area contributed by atoms with Gasteiger partial charge in [-0.3, -0.25) is 14.4 Å². The molecule has 16 nitrogen and oxygen atoms in total. The molecule has 4 aromatic heterocycles. The van der Waals surface area contributed by atoms with Gasteiger partial charge in [-0.05, 0) is 0 Å². The number of anilines is 3. The Bertz CT molecular complexity index is 1510. The third-order valence-corrected chi connectivity index (χ3v) is 4.98. The van der Waals surface area contributed by atoms with Crippen molar-refractivity contribution in [3.8, 4) is 0 Å². The van der Waals surface area contributed by atoms with Crippen molar-refractivity contribution in [2.45, 2.75) is 0 Å². The average Bonchev–Trinajstić information content (AvgIpc) is 3.55. The fraction of sp³-hybridized carbons (Fsp3) is 0.200. The minimum atomic E-state index is -1.24. The number of carbonyl (C=O) groups is 4. The Balaban J connectivity index is 1.44. The molecule has 36 heavy (non-hydrogen) atoms. The summed E-state index contributed by atoms with van der Waals surface area (Å²) in [7, 11) is 6.27. The predicted molar refractivity (Wildman–Crippen MR) is 124 cm³/mol. The summed E-state index contributed by atoms with van der Waals surface area (Å²) < 4.78 is 5.59. The van der Waals surface area contributed by atoms with E-state index in [0.29, 0.717) is 0 Å². The molecule has 4 rings (SSSR count). The Kier molecular flexibility index (Phi) is 6.07. The van der Waals surface area contributed by atoms with Crippen molar-refractivity contribution in [1.82, 2.24) is 38.2 Å². The molecule has 4 heterocycles. The summed E-state index contributed by atoms with van der Waals surface area (Å²) in [4.78, 5) is 64.9. The number of nitrogens with zero attached hydrogens (tertiary/aromatic N) is 8. The Morgan fingerprint density at radius 1 is 0.639 bits per heavy atom. The van der Waals surface area contributed by atoms with Crippen LogP contribution in [-0.2, 0) is 28.2 Å². The maximum absolute atomic E-state index is 12.8. The Morgan fingerprint density at radius 2 is 1.03 bits per heavy atom. The van der Waals surface area contributed by atoms with Crippen molar-refractivity contribution >= 4 is 41.1 Å². The van der Waals surface area contributed by atoms with E-state index >= 15 is 0 Å². The van der Waals surface area contributed by atoms with Crippen LogP contribution in [0.4, 0.5) is 17.5 Å². The van der Waals surface area contributed by atoms with E-state index in [1.54, 1.807) is 31.9 Å². The lowest BCUT2D eigenvalue weighted by molar-refractivity contribution is 0.0679. The molecule has 4 aromatic rings. The minimum absolute atomic E-state index is 0.0171. The number of hydrogen-bond acceptors (Lipinski definition) is 8. The average molecular weight is 495 g/mol. The topological polar surface area (TPSA) is 196 Å². The molecule has 0 saturated carbocycles. The molecule has 0 spiro atoms. The number of carboxylic acids is 1. The highest BCUT2D eigenvalue weighted by molar-refractivity contribution is 6.05. The zero-order valence-corrected chi connectivity index (χ0v) is 19.5. The standard InChI is InChI=1S/C20H21N11O5/c1-28-6-5-21-13(28)17(32)25-10-7-29(2)14(22-10)18(33)26-11-8-30(3)15(23-11)19(34)27-12-9-31(4)16(24-12)20(35)36/h5-9H,1-4H3,(H,25,32)(H,26,33)(H,27,34)(H,35,36). The lowest BCUT2D eigenvalue weighted by Crippen LogP contribution is -2.19. The number of rotatable bonds is 7. The van der Waals surface area contributed by atoms with Crippen molar-refractivity contribution in [3.63, 3.8) is 0 Å². The van der Waals surface area contributed by atoms with Crippen LogP contribution in [0.1, 0.15) is 42.5 Å². The molecule has 0 aliphatic carbocycles. The van der Waals surface area contributed by atoms with Crippen LogP contribution in [0.3, 0.4) is 0 Å². The van der Waals surface area contributed by atoms with Gasteiger partial charge in [-0.15, -0.1) is 0 Å². The summed E-state index contributed by atoms with van der Waals surface area (Å²) in [6.07, 6.45) is 7.33. The number of aromatic carboxylic acids is 1. The van der Waals surface area contributed by atoms with E-state index in [1.165, 1.54) is 45.5 Å². The monoisotopic (exact) mass is 495 g/mol. The Hall–Kier alpha value is -5.28. The highest BCUT2D eigenvalue weighted by Gasteiger charge is 2.21. The Labute approximate surface area is 202 Å². The van der Waals surface area contributed by atoms with Gasteiger partial charge in [-0.25, -0.2) is 24.7 Å². The lowest BCUT2D eigenvalue weighted by Gasteiger charge is -2.01. The first-order valence-corrected chi connectivity index (χ1v) is 10.3. The third kappa shape index (κ3) is 4.67. The molecule has 0 radical (unpaired) electrons. The van der Waals surface area contributed by atoms with Gasteiger partial charge < -0.3 is 39.3 Å². The van der Waals surface area contributed by atoms with Gasteiger partial charge in [-0.2, -0.15) is 0 Å². The predicted octanol–water partition coefficient (Wildman–Crippen LogP) is 0.0757. The van der Waals surface area contributed by atoms with Gasteiger partial charge in [0.25, 0.3) is 17.7 Å². The van der Waals surface area contributed by atoms with Gasteiger partial charge in [0.05, 0.1) is 0 Å². The van der Waals surface area contributed by atoms with E-state index in [-0.39, 0.29) is 40.8 Å². The number of amides is 3. The zero-order chi connectivity index (χ0) is 26.1. The molecule has 0 unspecified atom stereocenters. The maximum atomic E-state index is 12.8. The number of carboxylic acid groups (broad SMARTS) is 1. The van der Waals surface area contributed by atoms with Crippen LogP contribution in [-0.4, -0.2) is 67.0 Å². The van der Waals surface area contributed by atoms with Crippen molar-refractivity contribution in [3.05, 3.63) is 54.3 Å². The van der Waals surface area contributed by atoms with Crippen molar-refractivity contribution in [1.29, 1.82) is 0 Å². The van der Waals surface area contributed by atoms with E-state index in [1.807, 2.05) is 0 Å². The minimum Gasteiger partial charge on any atom is -0.475 e. The van der Waals surface area contributed by atoms with Crippen molar-refractivity contribution < 1.29 is 24.3 Å². The van der Waals surface area contributed by atoms with Crippen LogP contribution in [0.15, 0.2) is 31.0 Å². The molecule has 0 bridgehead atoms. The summed E-state index contributed by atoms with van der Waals surface area (Å²) in [5, 5.41) is 16.7. The van der Waals surface area contributed by atoms with E-state index in [2.05, 4.69) is 35.9 Å². The van der Waals surface area contributed by atoms with Crippen LogP contribution < -0.4 is 16.0 Å². The van der Waals surface area contributed by atoms with Crippen molar-refractivity contribution in [2.24, 2.45) is 28.2 Å². The summed E-state index contributed by atoms with van der Waals surface area (Å²) in [5.74, 6) is -2.92. The fourth-order valence-electron chi connectivity index (χ4n) is 3.30. The molecule has 4 N–H and O–H groups in total. The quantitative estimate of drug-likeness (QED) is 0.274. The first-order valence-electron chi connectivity index (χ1n) is 10.3. The number of aromatic nitrogens is 8. The van der Waals surface area contributed by atoms with Gasteiger partial charge >= 0.3 is 5.97 Å². The maximum Gasteiger partial charge on any atom is 0.372 e. The second-order valence-electron chi connectivity index (χ2n) is 7.71. The van der Waals surface area contributed by atoms with Gasteiger partial charge in [0.15, 0.2) is 23.3 Å². The lowest BCUT2D eigenvalue weighted by atomic mass is 10.5. The zero-order valence-electron chi connectivity index (χ0n) is 19.5. The highest BCUT2D eigenvalue weighted by Crippen LogP contribution is 2.14. The summed E-state index contributed by atoms with van der Waals surface area (Å²) in [5.41, 5.74) is 0. The molecule has 0 aliphatic rings. The molecule has 0 aromatic carbocycles. The van der Waals surface area contributed by atoms with E-state index in [4.69, 9.17) is 5.11 Å². The summed E-state index contributed by atoms with van der Waals surface area (Å²) >= 11 is 0. The molecular weight excluding hydrogens is 474 g/mol. The van der Waals surface area contributed by atoms with Crippen molar-refractivity contribution in [2.75, 3.05) is 16.0 Å². The van der Waals surface area contributed by atoms with Gasteiger partial charge in [0.2, 0.25) is 17.5 Å². The van der Waals surface area contributed by atoms with Crippen LogP contribution in [0.5, 0.6) is 0 Å². The summed E-state index contributed by atoms with van der Waals surface area (Å²) in [6.45, 7) is 0. The number of aryl methyl sites for hydroxylation is 4. The van der Waals surface area contributed by atoms with Crippen LogP contribution >= 0.6 is 0 Å². The highest BCUT2D eigenvalue weighted by atomic mass is 16.4. The first-order chi connectivity index (χ1) is 17.0.